The number of aromatic amines is 1. The zero-order valence-electron chi connectivity index (χ0n) is 7.57. The van der Waals surface area contributed by atoms with Crippen molar-refractivity contribution < 1.29 is 0 Å². The third kappa shape index (κ3) is 2.45. The van der Waals surface area contributed by atoms with Gasteiger partial charge in [-0.25, -0.2) is 4.98 Å². The van der Waals surface area contributed by atoms with Gasteiger partial charge in [0.05, 0.1) is 6.33 Å². The van der Waals surface area contributed by atoms with Crippen molar-refractivity contribution >= 4 is 15.9 Å². The molecule has 0 amide bonds. The van der Waals surface area contributed by atoms with Crippen molar-refractivity contribution in [1.82, 2.24) is 9.97 Å². The summed E-state index contributed by atoms with van der Waals surface area (Å²) >= 11 is 3.41. The summed E-state index contributed by atoms with van der Waals surface area (Å²) in [4.78, 5) is 7.00. The molecule has 1 aromatic heterocycles. The van der Waals surface area contributed by atoms with Gasteiger partial charge in [-0.15, -0.1) is 0 Å². The van der Waals surface area contributed by atoms with Crippen molar-refractivity contribution in [1.29, 1.82) is 0 Å². The molecular formula is C11H10BrN2. The van der Waals surface area contributed by atoms with E-state index in [0.717, 1.165) is 16.6 Å². The molecule has 14 heavy (non-hydrogen) atoms. The van der Waals surface area contributed by atoms with Crippen molar-refractivity contribution in [3.63, 3.8) is 0 Å². The molecule has 1 N–H and O–H groups in total. The van der Waals surface area contributed by atoms with Crippen LogP contribution in [0.2, 0.25) is 0 Å². The second-order valence-corrected chi connectivity index (χ2v) is 3.96. The molecule has 0 atom stereocenters. The van der Waals surface area contributed by atoms with Crippen LogP contribution in [0.25, 0.3) is 0 Å². The van der Waals surface area contributed by atoms with Gasteiger partial charge in [-0.05, 0) is 24.1 Å². The lowest BCUT2D eigenvalue weighted by atomic mass is 10.1. The number of H-pyrrole nitrogens is 1. The predicted octanol–water partition coefficient (Wildman–Crippen LogP) is 2.97. The largest absolute Gasteiger partial charge is 0.348 e. The zero-order chi connectivity index (χ0) is 9.80. The maximum atomic E-state index is 3.95. The minimum absolute atomic E-state index is 0.926. The summed E-state index contributed by atoms with van der Waals surface area (Å²) in [5.74, 6) is 0. The quantitative estimate of drug-likeness (QED) is 0.891. The molecule has 1 heterocycles. The first-order valence-corrected chi connectivity index (χ1v) is 5.20. The number of imidazole rings is 1. The number of nitrogens with zero attached hydrogens (tertiary/aromatic N) is 1. The highest BCUT2D eigenvalue weighted by Crippen LogP contribution is 2.12. The van der Waals surface area contributed by atoms with Crippen LogP contribution in [0.15, 0.2) is 41.3 Å². The Morgan fingerprint density at radius 3 is 2.71 bits per heavy atom. The van der Waals surface area contributed by atoms with Gasteiger partial charge in [-0.3, -0.25) is 0 Å². The van der Waals surface area contributed by atoms with Crippen LogP contribution in [-0.4, -0.2) is 9.97 Å². The van der Waals surface area contributed by atoms with Gasteiger partial charge in [0.15, 0.2) is 0 Å². The molecule has 0 unspecified atom stereocenters. The fourth-order valence-electron chi connectivity index (χ4n) is 1.23. The van der Waals surface area contributed by atoms with E-state index in [9.17, 15) is 0 Å². The first-order valence-electron chi connectivity index (χ1n) is 4.40. The van der Waals surface area contributed by atoms with E-state index in [0.29, 0.717) is 0 Å². The lowest BCUT2D eigenvalue weighted by Gasteiger charge is -1.99. The van der Waals surface area contributed by atoms with Crippen molar-refractivity contribution in [3.05, 3.63) is 58.9 Å². The Bertz CT molecular complexity index is 378. The van der Waals surface area contributed by atoms with E-state index < -0.39 is 0 Å². The van der Waals surface area contributed by atoms with Gasteiger partial charge >= 0.3 is 0 Å². The standard InChI is InChI=1S/C11H10BrN2/c12-10-4-1-9(2-5-10)3-6-11-7-13-8-14-11/h1-2,4-8H,3H2,(H,13,14). The van der Waals surface area contributed by atoms with Crippen molar-refractivity contribution in [3.8, 4) is 0 Å². The van der Waals surface area contributed by atoms with Crippen LogP contribution >= 0.6 is 15.9 Å². The van der Waals surface area contributed by atoms with Crippen LogP contribution in [0.4, 0.5) is 0 Å². The number of aromatic nitrogens is 2. The van der Waals surface area contributed by atoms with Crippen LogP contribution in [0.1, 0.15) is 11.3 Å². The minimum Gasteiger partial charge on any atom is -0.348 e. The normalized spacial score (nSPS) is 10.4. The third-order valence-corrected chi connectivity index (χ3v) is 2.52. The van der Waals surface area contributed by atoms with E-state index in [1.807, 2.05) is 6.20 Å². The van der Waals surface area contributed by atoms with Crippen molar-refractivity contribution in [2.45, 2.75) is 6.42 Å². The highest BCUT2D eigenvalue weighted by molar-refractivity contribution is 9.10. The zero-order valence-corrected chi connectivity index (χ0v) is 9.16. The van der Waals surface area contributed by atoms with E-state index in [4.69, 9.17) is 0 Å². The third-order valence-electron chi connectivity index (χ3n) is 1.99. The fraction of sp³-hybridized carbons (Fsp3) is 0.0909. The first-order chi connectivity index (χ1) is 6.84. The molecule has 0 saturated heterocycles. The average molecular weight is 250 g/mol. The first kappa shape index (κ1) is 9.46. The van der Waals surface area contributed by atoms with Gasteiger partial charge in [0.1, 0.15) is 0 Å². The Balaban J connectivity index is 1.95. The highest BCUT2D eigenvalue weighted by Gasteiger charge is 1.96. The summed E-state index contributed by atoms with van der Waals surface area (Å²) in [6.45, 7) is 0. The molecule has 3 heteroatoms. The second kappa shape index (κ2) is 4.42. The monoisotopic (exact) mass is 249 g/mol. The summed E-state index contributed by atoms with van der Waals surface area (Å²) in [7, 11) is 0. The predicted molar refractivity (Wildman–Crippen MR) is 59.8 cm³/mol. The molecule has 1 radical (unpaired) electrons. The van der Waals surface area contributed by atoms with Gasteiger partial charge in [0, 0.05) is 22.8 Å². The van der Waals surface area contributed by atoms with Gasteiger partial charge < -0.3 is 4.98 Å². The maximum Gasteiger partial charge on any atom is 0.0921 e. The average Bonchev–Trinajstić information content (AvgIpc) is 2.70. The minimum atomic E-state index is 0.926. The Morgan fingerprint density at radius 1 is 1.29 bits per heavy atom. The molecule has 0 aliphatic carbocycles. The highest BCUT2D eigenvalue weighted by atomic mass is 79.9. The number of benzene rings is 1. The van der Waals surface area contributed by atoms with Gasteiger partial charge in [-0.1, -0.05) is 28.1 Å². The molecule has 0 spiro atoms. The molecule has 71 valence electrons. The number of hydrogen-bond donors (Lipinski definition) is 1. The molecule has 0 fully saturated rings. The number of nitrogens with one attached hydrogen (secondary N) is 1. The number of rotatable bonds is 3. The molecule has 2 rings (SSSR count). The van der Waals surface area contributed by atoms with Crippen molar-refractivity contribution in [2.75, 3.05) is 0 Å². The Hall–Kier alpha value is -1.09. The second-order valence-electron chi connectivity index (χ2n) is 3.04. The fourth-order valence-corrected chi connectivity index (χ4v) is 1.49. The van der Waals surface area contributed by atoms with E-state index in [-0.39, 0.29) is 0 Å². The number of hydrogen-bond acceptors (Lipinski definition) is 1. The van der Waals surface area contributed by atoms with Gasteiger partial charge in [-0.2, -0.15) is 0 Å². The summed E-state index contributed by atoms with van der Waals surface area (Å²) in [5, 5.41) is 0. The molecule has 1 aromatic carbocycles. The van der Waals surface area contributed by atoms with E-state index in [1.54, 1.807) is 6.33 Å². The summed E-state index contributed by atoms with van der Waals surface area (Å²) in [6.07, 6.45) is 6.55. The molecule has 0 aliphatic rings. The summed E-state index contributed by atoms with van der Waals surface area (Å²) in [6, 6.07) is 8.32. The van der Waals surface area contributed by atoms with Gasteiger partial charge in [0.2, 0.25) is 0 Å². The van der Waals surface area contributed by atoms with Crippen LogP contribution in [0.5, 0.6) is 0 Å². The van der Waals surface area contributed by atoms with Gasteiger partial charge in [0.25, 0.3) is 0 Å². The summed E-state index contributed by atoms with van der Waals surface area (Å²) < 4.78 is 1.11. The van der Waals surface area contributed by atoms with Crippen molar-refractivity contribution in [2.24, 2.45) is 0 Å². The lowest BCUT2D eigenvalue weighted by Crippen LogP contribution is -1.88. The Kier molecular flexibility index (Phi) is 2.99. The van der Waals surface area contributed by atoms with E-state index in [2.05, 4.69) is 56.6 Å². The van der Waals surface area contributed by atoms with Crippen LogP contribution in [0, 0.1) is 6.42 Å². The topological polar surface area (TPSA) is 28.7 Å². The van der Waals surface area contributed by atoms with E-state index in [1.165, 1.54) is 5.56 Å². The Morgan fingerprint density at radius 2 is 2.07 bits per heavy atom. The van der Waals surface area contributed by atoms with E-state index >= 15 is 0 Å². The molecular weight excluding hydrogens is 240 g/mol. The summed E-state index contributed by atoms with van der Waals surface area (Å²) in [5.41, 5.74) is 2.36. The van der Waals surface area contributed by atoms with Crippen LogP contribution < -0.4 is 0 Å². The SMILES string of the molecule is Brc1ccc(C[CH]c2cnc[nH]2)cc1. The van der Waals surface area contributed by atoms with Crippen LogP contribution in [0.3, 0.4) is 0 Å². The molecule has 2 nitrogen and oxygen atoms in total. The van der Waals surface area contributed by atoms with Crippen LogP contribution in [-0.2, 0) is 6.42 Å². The Labute approximate surface area is 91.5 Å². The molecule has 0 saturated carbocycles. The number of halogens is 1. The lowest BCUT2D eigenvalue weighted by molar-refractivity contribution is 1.12. The molecule has 0 aliphatic heterocycles. The maximum absolute atomic E-state index is 3.95. The smallest absolute Gasteiger partial charge is 0.0921 e. The molecule has 2 aromatic rings. The molecule has 0 bridgehead atoms.